The molecule has 1 aromatic carbocycles. The predicted molar refractivity (Wildman–Crippen MR) is 88.1 cm³/mol. The molecule has 1 rings (SSSR count). The van der Waals surface area contributed by atoms with Gasteiger partial charge >= 0.3 is 0 Å². The highest BCUT2D eigenvalue weighted by Crippen LogP contribution is 2.19. The molecule has 0 saturated heterocycles. The molecule has 8 heteroatoms. The van der Waals surface area contributed by atoms with Gasteiger partial charge in [-0.1, -0.05) is 12.1 Å². The summed E-state index contributed by atoms with van der Waals surface area (Å²) in [6, 6.07) is 6.19. The molecule has 0 aliphatic rings. The number of hydrogen-bond donors (Lipinski definition) is 1. The van der Waals surface area contributed by atoms with Crippen molar-refractivity contribution in [1.82, 2.24) is 5.32 Å². The molecule has 1 amide bonds. The highest BCUT2D eigenvalue weighted by molar-refractivity contribution is 7.92. The van der Waals surface area contributed by atoms with Crippen LogP contribution in [0.25, 0.3) is 0 Å². The first kappa shape index (κ1) is 19.1. The van der Waals surface area contributed by atoms with Crippen molar-refractivity contribution in [3.63, 3.8) is 0 Å². The van der Waals surface area contributed by atoms with E-state index in [9.17, 15) is 18.0 Å². The van der Waals surface area contributed by atoms with E-state index in [2.05, 4.69) is 5.32 Å². The van der Waals surface area contributed by atoms with E-state index in [0.29, 0.717) is 25.1 Å². The third-order valence-corrected chi connectivity index (χ3v) is 4.22. The van der Waals surface area contributed by atoms with Gasteiger partial charge < -0.3 is 10.1 Å². The average molecular weight is 342 g/mol. The molecule has 1 N–H and O–H groups in total. The minimum atomic E-state index is -3.65. The summed E-state index contributed by atoms with van der Waals surface area (Å²) in [6.45, 7) is 1.97. The highest BCUT2D eigenvalue weighted by atomic mass is 32.2. The zero-order chi connectivity index (χ0) is 17.5. The van der Waals surface area contributed by atoms with Gasteiger partial charge in [-0.2, -0.15) is 0 Å². The van der Waals surface area contributed by atoms with Gasteiger partial charge in [0.25, 0.3) is 0 Å². The number of nitrogens with zero attached hydrogens (tertiary/aromatic N) is 1. The van der Waals surface area contributed by atoms with E-state index < -0.39 is 15.9 Å². The van der Waals surface area contributed by atoms with Crippen molar-refractivity contribution >= 4 is 27.4 Å². The fraction of sp³-hybridized carbons (Fsp3) is 0.467. The average Bonchev–Trinajstić information content (AvgIpc) is 2.48. The van der Waals surface area contributed by atoms with Gasteiger partial charge in [0, 0.05) is 25.8 Å². The van der Waals surface area contributed by atoms with Crippen LogP contribution in [0.1, 0.15) is 23.7 Å². The number of rotatable bonds is 9. The van der Waals surface area contributed by atoms with Crippen molar-refractivity contribution in [2.45, 2.75) is 13.3 Å². The lowest BCUT2D eigenvalue weighted by Gasteiger charge is -2.22. The van der Waals surface area contributed by atoms with Crippen molar-refractivity contribution in [3.05, 3.63) is 29.8 Å². The lowest BCUT2D eigenvalue weighted by molar-refractivity contribution is -0.119. The molecule has 0 heterocycles. The maximum absolute atomic E-state index is 12.0. The van der Waals surface area contributed by atoms with Crippen LogP contribution in [-0.2, 0) is 19.6 Å². The lowest BCUT2D eigenvalue weighted by atomic mass is 10.1. The summed E-state index contributed by atoms with van der Waals surface area (Å²) >= 11 is 0. The first-order valence-electron chi connectivity index (χ1n) is 7.10. The van der Waals surface area contributed by atoms with Crippen LogP contribution in [0.3, 0.4) is 0 Å². The number of anilines is 1. The van der Waals surface area contributed by atoms with E-state index in [-0.39, 0.29) is 18.0 Å². The van der Waals surface area contributed by atoms with Gasteiger partial charge in [-0.25, -0.2) is 8.42 Å². The number of ketones is 1. The van der Waals surface area contributed by atoms with E-state index in [1.54, 1.807) is 25.3 Å². The van der Waals surface area contributed by atoms with Crippen LogP contribution in [-0.4, -0.2) is 53.2 Å². The Morgan fingerprint density at radius 1 is 1.30 bits per heavy atom. The normalized spacial score (nSPS) is 11.1. The molecule has 0 atom stereocenters. The van der Waals surface area contributed by atoms with Crippen LogP contribution in [0, 0.1) is 0 Å². The summed E-state index contributed by atoms with van der Waals surface area (Å²) in [5, 5.41) is 2.64. The third-order valence-electron chi connectivity index (χ3n) is 3.08. The molecule has 0 spiro atoms. The number of carbonyl (C=O) groups excluding carboxylic acids is 2. The number of sulfonamides is 1. The first-order chi connectivity index (χ1) is 10.8. The van der Waals surface area contributed by atoms with Crippen molar-refractivity contribution in [2.24, 2.45) is 0 Å². The SMILES string of the molecule is COCCCNC(=O)CN(c1cccc(C(C)=O)c1)S(C)(=O)=O. The molecule has 0 bridgehead atoms. The van der Waals surface area contributed by atoms with Crippen LogP contribution in [0.15, 0.2) is 24.3 Å². The smallest absolute Gasteiger partial charge is 0.240 e. The van der Waals surface area contributed by atoms with E-state index in [4.69, 9.17) is 4.74 Å². The third kappa shape index (κ3) is 6.37. The topological polar surface area (TPSA) is 92.8 Å². The quantitative estimate of drug-likeness (QED) is 0.529. The number of ether oxygens (including phenoxy) is 1. The summed E-state index contributed by atoms with van der Waals surface area (Å²) < 4.78 is 29.8. The van der Waals surface area contributed by atoms with Gasteiger partial charge in [0.05, 0.1) is 11.9 Å². The molecule has 0 saturated carbocycles. The predicted octanol–water partition coefficient (Wildman–Crippen LogP) is 0.808. The summed E-state index contributed by atoms with van der Waals surface area (Å²) in [4.78, 5) is 23.4. The molecule has 7 nitrogen and oxygen atoms in total. The Morgan fingerprint density at radius 3 is 2.57 bits per heavy atom. The van der Waals surface area contributed by atoms with Crippen LogP contribution in [0.5, 0.6) is 0 Å². The van der Waals surface area contributed by atoms with E-state index in [1.807, 2.05) is 0 Å². The number of Topliss-reactive ketones (excluding diaryl/α,β-unsaturated/α-hetero) is 1. The Labute approximate surface area is 136 Å². The molecule has 0 aliphatic carbocycles. The van der Waals surface area contributed by atoms with E-state index >= 15 is 0 Å². The second-order valence-corrected chi connectivity index (χ2v) is 6.98. The summed E-state index contributed by atoms with van der Waals surface area (Å²) in [6.07, 6.45) is 1.66. The molecule has 0 fully saturated rings. The monoisotopic (exact) mass is 342 g/mol. The van der Waals surface area contributed by atoms with Crippen LogP contribution >= 0.6 is 0 Å². The van der Waals surface area contributed by atoms with Gasteiger partial charge in [0.1, 0.15) is 6.54 Å². The summed E-state index contributed by atoms with van der Waals surface area (Å²) in [7, 11) is -2.09. The zero-order valence-electron chi connectivity index (χ0n) is 13.5. The molecule has 0 aliphatic heterocycles. The van der Waals surface area contributed by atoms with Crippen LogP contribution < -0.4 is 9.62 Å². The Bertz CT molecular complexity index is 658. The Hall–Kier alpha value is -1.93. The molecule has 0 aromatic heterocycles. The number of nitrogens with one attached hydrogen (secondary N) is 1. The number of benzene rings is 1. The summed E-state index contributed by atoms with van der Waals surface area (Å²) in [5.74, 6) is -0.593. The van der Waals surface area contributed by atoms with Crippen LogP contribution in [0.4, 0.5) is 5.69 Å². The van der Waals surface area contributed by atoms with Gasteiger partial charge in [0.15, 0.2) is 5.78 Å². The van der Waals surface area contributed by atoms with Crippen LogP contribution in [0.2, 0.25) is 0 Å². The second-order valence-electron chi connectivity index (χ2n) is 5.07. The zero-order valence-corrected chi connectivity index (χ0v) is 14.4. The van der Waals surface area contributed by atoms with E-state index in [1.165, 1.54) is 13.0 Å². The number of amides is 1. The van der Waals surface area contributed by atoms with Crippen molar-refractivity contribution in [2.75, 3.05) is 37.4 Å². The van der Waals surface area contributed by atoms with Gasteiger partial charge in [-0.15, -0.1) is 0 Å². The van der Waals surface area contributed by atoms with Crippen molar-refractivity contribution < 1.29 is 22.7 Å². The van der Waals surface area contributed by atoms with Crippen molar-refractivity contribution in [1.29, 1.82) is 0 Å². The first-order valence-corrected chi connectivity index (χ1v) is 8.95. The highest BCUT2D eigenvalue weighted by Gasteiger charge is 2.21. The standard InChI is InChI=1S/C15H22N2O5S/c1-12(18)13-6-4-7-14(10-13)17(23(3,20)21)11-15(19)16-8-5-9-22-2/h4,6-7,10H,5,8-9,11H2,1-3H3,(H,16,19). The Morgan fingerprint density at radius 2 is 2.00 bits per heavy atom. The molecule has 1 aromatic rings. The Kier molecular flexibility index (Phi) is 7.18. The van der Waals surface area contributed by atoms with E-state index in [0.717, 1.165) is 10.6 Å². The van der Waals surface area contributed by atoms with Gasteiger partial charge in [0.2, 0.25) is 15.9 Å². The molecule has 128 valence electrons. The number of hydrogen-bond acceptors (Lipinski definition) is 5. The fourth-order valence-electron chi connectivity index (χ4n) is 1.91. The van der Waals surface area contributed by atoms with Gasteiger partial charge in [-0.3, -0.25) is 13.9 Å². The minimum absolute atomic E-state index is 0.177. The largest absolute Gasteiger partial charge is 0.385 e. The second kappa shape index (κ2) is 8.64. The molecular weight excluding hydrogens is 320 g/mol. The molecule has 0 radical (unpaired) electrons. The maximum atomic E-state index is 12.0. The lowest BCUT2D eigenvalue weighted by Crippen LogP contribution is -2.40. The van der Waals surface area contributed by atoms with Gasteiger partial charge in [-0.05, 0) is 25.5 Å². The minimum Gasteiger partial charge on any atom is -0.385 e. The molecule has 23 heavy (non-hydrogen) atoms. The number of methoxy groups -OCH3 is 1. The Balaban J connectivity index is 2.88. The van der Waals surface area contributed by atoms with Crippen molar-refractivity contribution in [3.8, 4) is 0 Å². The fourth-order valence-corrected chi connectivity index (χ4v) is 2.76. The molecule has 0 unspecified atom stereocenters. The maximum Gasteiger partial charge on any atom is 0.240 e. The number of carbonyl (C=O) groups is 2. The summed E-state index contributed by atoms with van der Waals surface area (Å²) in [5.41, 5.74) is 0.670. The molecular formula is C15H22N2O5S.